The Balaban J connectivity index is 1.94. The second kappa shape index (κ2) is 6.87. The molecule has 21 heavy (non-hydrogen) atoms. The van der Waals surface area contributed by atoms with Crippen LogP contribution in [-0.4, -0.2) is 74.7 Å². The van der Waals surface area contributed by atoms with Crippen LogP contribution in [0.1, 0.15) is 6.92 Å². The topological polar surface area (TPSA) is 60.9 Å². The lowest BCUT2D eigenvalue weighted by atomic mass is 10.3. The molecule has 0 bridgehead atoms. The molecule has 8 heteroatoms. The fourth-order valence-electron chi connectivity index (χ4n) is 2.25. The normalized spacial score (nSPS) is 17.4. The van der Waals surface area contributed by atoms with Gasteiger partial charge in [-0.05, 0) is 18.0 Å². The van der Waals surface area contributed by atoms with Gasteiger partial charge in [-0.3, -0.25) is 4.79 Å². The molecule has 6 nitrogen and oxygen atoms in total. The molecule has 0 spiro atoms. The third kappa shape index (κ3) is 3.82. The fourth-order valence-corrected chi connectivity index (χ4v) is 4.57. The number of hydrogen-bond donors (Lipinski definition) is 0. The van der Waals surface area contributed by atoms with Crippen LogP contribution in [-0.2, 0) is 14.8 Å². The summed E-state index contributed by atoms with van der Waals surface area (Å²) < 4.78 is 25.9. The predicted molar refractivity (Wildman–Crippen MR) is 82.8 cm³/mol. The highest BCUT2D eigenvalue weighted by molar-refractivity contribution is 7.91. The molecule has 0 aromatic carbocycles. The number of hydrogen-bond acceptors (Lipinski definition) is 5. The summed E-state index contributed by atoms with van der Waals surface area (Å²) in [4.78, 5) is 16.2. The average Bonchev–Trinajstić information content (AvgIpc) is 3.02. The van der Waals surface area contributed by atoms with Crippen molar-refractivity contribution in [2.45, 2.75) is 11.1 Å². The zero-order valence-corrected chi connectivity index (χ0v) is 14.0. The van der Waals surface area contributed by atoms with Crippen LogP contribution in [0.2, 0.25) is 0 Å². The van der Waals surface area contributed by atoms with Crippen LogP contribution >= 0.6 is 11.3 Å². The van der Waals surface area contributed by atoms with Crippen molar-refractivity contribution in [3.05, 3.63) is 17.5 Å². The van der Waals surface area contributed by atoms with Gasteiger partial charge in [-0.15, -0.1) is 11.3 Å². The van der Waals surface area contributed by atoms with E-state index >= 15 is 0 Å². The summed E-state index contributed by atoms with van der Waals surface area (Å²) >= 11 is 1.16. The zero-order chi connectivity index (χ0) is 15.5. The third-order valence-electron chi connectivity index (χ3n) is 3.69. The van der Waals surface area contributed by atoms with Crippen LogP contribution in [0.15, 0.2) is 21.7 Å². The summed E-state index contributed by atoms with van der Waals surface area (Å²) in [5.41, 5.74) is 0. The summed E-state index contributed by atoms with van der Waals surface area (Å²) in [5.74, 6) is -0.131. The largest absolute Gasteiger partial charge is 0.339 e. The highest BCUT2D eigenvalue weighted by Crippen LogP contribution is 2.19. The molecule has 0 atom stereocenters. The molecular weight excluding hydrogens is 310 g/mol. The van der Waals surface area contributed by atoms with Crippen molar-refractivity contribution in [2.75, 3.05) is 46.3 Å². The van der Waals surface area contributed by atoms with E-state index in [2.05, 4.69) is 11.8 Å². The van der Waals surface area contributed by atoms with Gasteiger partial charge in [0.2, 0.25) is 5.91 Å². The Labute approximate surface area is 130 Å². The standard InChI is InChI=1S/C13H21N3O3S2/c1-3-15-6-8-16(9-7-15)12(17)11-14(2)21(18,19)13-5-4-10-20-13/h4-5,10H,3,6-9,11H2,1-2H3. The van der Waals surface area contributed by atoms with Crippen LogP contribution < -0.4 is 0 Å². The van der Waals surface area contributed by atoms with E-state index in [0.29, 0.717) is 13.1 Å². The first kappa shape index (κ1) is 16.4. The highest BCUT2D eigenvalue weighted by atomic mass is 32.2. The number of nitrogens with zero attached hydrogens (tertiary/aromatic N) is 3. The maximum absolute atomic E-state index is 12.3. The maximum atomic E-state index is 12.3. The molecule has 118 valence electrons. The number of carbonyl (C=O) groups excluding carboxylic acids is 1. The van der Waals surface area contributed by atoms with Crippen LogP contribution in [0.25, 0.3) is 0 Å². The Kier molecular flexibility index (Phi) is 5.37. The second-order valence-corrected chi connectivity index (χ2v) is 8.23. The quantitative estimate of drug-likeness (QED) is 0.790. The van der Waals surface area contributed by atoms with E-state index in [4.69, 9.17) is 0 Å². The van der Waals surface area contributed by atoms with Crippen LogP contribution in [0.3, 0.4) is 0 Å². The number of piperazine rings is 1. The van der Waals surface area contributed by atoms with Crippen LogP contribution in [0, 0.1) is 0 Å². The molecule has 1 aliphatic rings. The summed E-state index contributed by atoms with van der Waals surface area (Å²) in [6.07, 6.45) is 0. The lowest BCUT2D eigenvalue weighted by molar-refractivity contribution is -0.132. The summed E-state index contributed by atoms with van der Waals surface area (Å²) in [6, 6.07) is 3.25. The van der Waals surface area contributed by atoms with Gasteiger partial charge in [-0.1, -0.05) is 13.0 Å². The molecule has 2 heterocycles. The molecular formula is C13H21N3O3S2. The zero-order valence-electron chi connectivity index (χ0n) is 12.4. The third-order valence-corrected chi connectivity index (χ3v) is 6.87. The van der Waals surface area contributed by atoms with Crippen LogP contribution in [0.5, 0.6) is 0 Å². The van der Waals surface area contributed by atoms with Gasteiger partial charge in [0, 0.05) is 33.2 Å². The molecule has 0 N–H and O–H groups in total. The number of sulfonamides is 1. The SMILES string of the molecule is CCN1CCN(C(=O)CN(C)S(=O)(=O)c2cccs2)CC1. The van der Waals surface area contributed by atoms with E-state index in [-0.39, 0.29) is 16.7 Å². The molecule has 1 aromatic heterocycles. The lowest BCUT2D eigenvalue weighted by Crippen LogP contribution is -2.51. The van der Waals surface area contributed by atoms with Gasteiger partial charge in [-0.25, -0.2) is 8.42 Å². The van der Waals surface area contributed by atoms with Gasteiger partial charge < -0.3 is 9.80 Å². The Bertz CT molecular complexity index is 563. The number of carbonyl (C=O) groups is 1. The lowest BCUT2D eigenvalue weighted by Gasteiger charge is -2.34. The maximum Gasteiger partial charge on any atom is 0.252 e. The highest BCUT2D eigenvalue weighted by Gasteiger charge is 2.27. The number of rotatable bonds is 5. The van der Waals surface area contributed by atoms with Gasteiger partial charge in [0.05, 0.1) is 6.54 Å². The Morgan fingerprint density at radius 2 is 2.00 bits per heavy atom. The van der Waals surface area contributed by atoms with Crippen molar-refractivity contribution in [3.8, 4) is 0 Å². The van der Waals surface area contributed by atoms with Gasteiger partial charge in [0.25, 0.3) is 10.0 Å². The summed E-state index contributed by atoms with van der Waals surface area (Å²) in [5, 5.41) is 1.71. The van der Waals surface area contributed by atoms with Gasteiger partial charge in [0.15, 0.2) is 0 Å². The van der Waals surface area contributed by atoms with Gasteiger partial charge in [0.1, 0.15) is 4.21 Å². The number of thiophene rings is 1. The minimum atomic E-state index is -3.55. The van der Waals surface area contributed by atoms with Crippen molar-refractivity contribution >= 4 is 27.3 Å². The van der Waals surface area contributed by atoms with Crippen molar-refractivity contribution in [3.63, 3.8) is 0 Å². The minimum Gasteiger partial charge on any atom is -0.339 e. The molecule has 0 unspecified atom stereocenters. The predicted octanol–water partition coefficient (Wildman–Crippen LogP) is 0.533. The Hall–Kier alpha value is -0.960. The molecule has 1 aromatic rings. The average molecular weight is 331 g/mol. The Morgan fingerprint density at radius 3 is 2.52 bits per heavy atom. The van der Waals surface area contributed by atoms with Gasteiger partial charge >= 0.3 is 0 Å². The van der Waals surface area contributed by atoms with Crippen molar-refractivity contribution in [1.29, 1.82) is 0 Å². The second-order valence-electron chi connectivity index (χ2n) is 5.01. The first-order valence-electron chi connectivity index (χ1n) is 6.95. The number of amides is 1. The Morgan fingerprint density at radius 1 is 1.33 bits per heavy atom. The van der Waals surface area contributed by atoms with Gasteiger partial charge in [-0.2, -0.15) is 4.31 Å². The first-order valence-corrected chi connectivity index (χ1v) is 9.27. The van der Waals surface area contributed by atoms with E-state index in [0.717, 1.165) is 35.3 Å². The smallest absolute Gasteiger partial charge is 0.252 e. The van der Waals surface area contributed by atoms with Crippen molar-refractivity contribution in [2.24, 2.45) is 0 Å². The molecule has 1 amide bonds. The molecule has 2 rings (SSSR count). The van der Waals surface area contributed by atoms with Crippen molar-refractivity contribution in [1.82, 2.24) is 14.1 Å². The monoisotopic (exact) mass is 331 g/mol. The molecule has 1 fully saturated rings. The van der Waals surface area contributed by atoms with E-state index in [1.54, 1.807) is 22.4 Å². The number of likely N-dealkylation sites (N-methyl/N-ethyl adjacent to an activating group) is 2. The molecule has 1 aliphatic heterocycles. The molecule has 0 radical (unpaired) electrons. The van der Waals surface area contributed by atoms with E-state index in [1.165, 1.54) is 7.05 Å². The molecule has 1 saturated heterocycles. The van der Waals surface area contributed by atoms with Crippen molar-refractivity contribution < 1.29 is 13.2 Å². The van der Waals surface area contributed by atoms with E-state index < -0.39 is 10.0 Å². The summed E-state index contributed by atoms with van der Waals surface area (Å²) in [6.45, 7) is 6.01. The fraction of sp³-hybridized carbons (Fsp3) is 0.615. The van der Waals surface area contributed by atoms with E-state index in [1.807, 2.05) is 0 Å². The minimum absolute atomic E-state index is 0.105. The van der Waals surface area contributed by atoms with Crippen LogP contribution in [0.4, 0.5) is 0 Å². The summed E-state index contributed by atoms with van der Waals surface area (Å²) in [7, 11) is -2.10. The molecule has 0 saturated carbocycles. The first-order chi connectivity index (χ1) is 9.95. The van der Waals surface area contributed by atoms with E-state index in [9.17, 15) is 13.2 Å². The molecule has 0 aliphatic carbocycles.